The Morgan fingerprint density at radius 2 is 0.371 bits per heavy atom. The number of benzene rings is 4. The average molecular weight is 1500 g/mol. The number of nitrogens with one attached hydrogen (secondary N) is 2. The van der Waals surface area contributed by atoms with Gasteiger partial charge in [0.25, 0.3) is 0 Å². The van der Waals surface area contributed by atoms with Gasteiger partial charge in [0.2, 0.25) is 0 Å². The van der Waals surface area contributed by atoms with Crippen molar-refractivity contribution >= 4 is 44.1 Å². The van der Waals surface area contributed by atoms with Gasteiger partial charge in [-0.1, -0.05) is 48.5 Å². The fourth-order valence-electron chi connectivity index (χ4n) is 15.6. The summed E-state index contributed by atoms with van der Waals surface area (Å²) in [5, 5.41) is 3.11. The molecule has 4 aromatic carbocycles. The number of rotatable bonds is 12. The summed E-state index contributed by atoms with van der Waals surface area (Å²) < 4.78 is 0. The van der Waals surface area contributed by atoms with Crippen LogP contribution in [0.2, 0.25) is 0 Å². The van der Waals surface area contributed by atoms with E-state index >= 15 is 0 Å². The molecule has 116 heavy (non-hydrogen) atoms. The van der Waals surface area contributed by atoms with Crippen LogP contribution in [-0.4, -0.2) is 99.7 Å². The second kappa shape index (κ2) is 28.1. The van der Waals surface area contributed by atoms with Gasteiger partial charge in [-0.3, -0.25) is 39.9 Å². The number of aromatic amines is 2. The minimum atomic E-state index is 0.413. The normalized spacial score (nSPS) is 11.6. The lowest BCUT2D eigenvalue weighted by Gasteiger charge is -2.13. The van der Waals surface area contributed by atoms with Crippen molar-refractivity contribution in [2.24, 2.45) is 0 Å². The highest BCUT2D eigenvalue weighted by atomic mass is 15.1. The molecule has 0 saturated heterocycles. The van der Waals surface area contributed by atoms with Crippen LogP contribution in [0, 0.1) is 27.7 Å². The van der Waals surface area contributed by atoms with Crippen molar-refractivity contribution in [3.8, 4) is 181 Å². The van der Waals surface area contributed by atoms with Crippen LogP contribution in [0.3, 0.4) is 0 Å². The molecule has 0 spiro atoms. The second-order valence-corrected chi connectivity index (χ2v) is 28.7. The summed E-state index contributed by atoms with van der Waals surface area (Å²) in [6.07, 6.45) is 14.3. The van der Waals surface area contributed by atoms with Gasteiger partial charge in [0.15, 0.2) is 23.3 Å². The number of hydrogen-bond donors (Lipinski definition) is 2. The predicted octanol–water partition coefficient (Wildman–Crippen LogP) is 20.8. The Hall–Kier alpha value is -16.0. The maximum atomic E-state index is 5.72. The largest absolute Gasteiger partial charge is 0.324 e. The van der Waals surface area contributed by atoms with Crippen LogP contribution >= 0.6 is 0 Å². The molecule has 2 N–H and O–H groups in total. The molecule has 2 aliphatic heterocycles. The summed E-state index contributed by atoms with van der Waals surface area (Å²) in [4.78, 5) is 101. The number of aryl methyl sites for hydroxylation is 4. The van der Waals surface area contributed by atoms with Crippen LogP contribution in [0.25, 0.3) is 225 Å². The van der Waals surface area contributed by atoms with Crippen LogP contribution in [0.15, 0.2) is 292 Å². The van der Waals surface area contributed by atoms with E-state index in [2.05, 4.69) is 135 Å². The zero-order valence-electron chi connectivity index (χ0n) is 62.8. The lowest BCUT2D eigenvalue weighted by Crippen LogP contribution is -1.95. The summed E-state index contributed by atoms with van der Waals surface area (Å²) in [7, 11) is 0. The molecule has 21 rings (SSSR count). The highest BCUT2D eigenvalue weighted by molar-refractivity contribution is 6.10. The van der Waals surface area contributed by atoms with E-state index in [1.54, 1.807) is 49.6 Å². The summed E-state index contributed by atoms with van der Waals surface area (Å²) in [6, 6.07) is 80.8. The molecule has 0 fully saturated rings. The Bertz CT molecular complexity index is 6670. The third-order valence-electron chi connectivity index (χ3n) is 21.2. The molecule has 20 nitrogen and oxygen atoms in total. The number of hydrogen-bond acceptors (Lipinski definition) is 18. The van der Waals surface area contributed by atoms with Gasteiger partial charge in [0.1, 0.15) is 22.6 Å². The Balaban J connectivity index is 0.854. The molecule has 0 saturated carbocycles. The molecule has 17 heterocycles. The standard InChI is InChI=1S/C96H62N20/c1-53-37-65-69(49-61(53)57-41-81(73-21-5-13-29-97-73)105-82(42-57)74-22-6-14-30-98-74)93-109-89(65)113-94-70-50-62(58-43-83(75-23-7-15-31-99-75)106-84(44-58)76-24-8-16-32-100-76)54(2)38-66(70)91(110-94)115-96-72-52-64(60-47-87(79-27-11-19-35-103-79)108-88(48-60)80-28-12-20-36-104-80)56(4)40-68(72)92(112-96)116-95-71-51-63(55(3)39-67(71)90(111-95)114-93)59-45-85(77-25-9-17-33-101-77)107-86(46-59)78-26-10-18-34-102-78/h5-52H,1-4H3,(H2,109,110,111,112,113,114,115,116). The van der Waals surface area contributed by atoms with Gasteiger partial charge in [-0.05, 0) is 289 Å². The minimum Gasteiger partial charge on any atom is -0.324 e. The molecular formula is C96H62N20. The van der Waals surface area contributed by atoms with Crippen molar-refractivity contribution in [3.05, 3.63) is 314 Å². The molecule has 15 aromatic heterocycles. The first-order chi connectivity index (χ1) is 57.0. The van der Waals surface area contributed by atoms with E-state index < -0.39 is 0 Å². The smallest absolute Gasteiger partial charge is 0.164 e. The Labute approximate surface area is 663 Å². The number of nitrogens with zero attached hydrogens (tertiary/aromatic N) is 18. The summed E-state index contributed by atoms with van der Waals surface area (Å²) in [5.41, 5.74) is 27.4. The number of fused-ring (bicyclic) bond motifs is 20. The van der Waals surface area contributed by atoms with Gasteiger partial charge in [0, 0.05) is 93.4 Å². The highest BCUT2D eigenvalue weighted by Crippen LogP contribution is 2.46. The van der Waals surface area contributed by atoms with Crippen molar-refractivity contribution in [2.75, 3.05) is 0 Å². The van der Waals surface area contributed by atoms with E-state index in [1.807, 2.05) is 146 Å². The van der Waals surface area contributed by atoms with E-state index in [1.165, 1.54) is 0 Å². The lowest BCUT2D eigenvalue weighted by atomic mass is 9.93. The Morgan fingerprint density at radius 3 is 0.586 bits per heavy atom. The Kier molecular flexibility index (Phi) is 16.5. The summed E-state index contributed by atoms with van der Waals surface area (Å²) in [5.74, 6) is 1.67. The van der Waals surface area contributed by atoms with Crippen LogP contribution in [0.1, 0.15) is 22.3 Å². The van der Waals surface area contributed by atoms with Crippen LogP contribution in [0.5, 0.6) is 0 Å². The van der Waals surface area contributed by atoms with Crippen LogP contribution in [-0.2, 0) is 0 Å². The molecule has 0 unspecified atom stereocenters. The highest BCUT2D eigenvalue weighted by Gasteiger charge is 2.28. The molecule has 0 aliphatic carbocycles. The van der Waals surface area contributed by atoms with E-state index in [0.717, 1.165) is 156 Å². The molecule has 0 atom stereocenters. The fraction of sp³-hybridized carbons (Fsp3) is 0.0417. The maximum absolute atomic E-state index is 5.72. The molecule has 0 radical (unpaired) electrons. The Morgan fingerprint density at radius 1 is 0.172 bits per heavy atom. The van der Waals surface area contributed by atoms with E-state index in [-0.39, 0.29) is 0 Å². The molecular weight excluding hydrogens is 1430 g/mol. The topological polar surface area (TPSA) is 264 Å². The fourth-order valence-corrected chi connectivity index (χ4v) is 15.6. The van der Waals surface area contributed by atoms with Crippen molar-refractivity contribution in [3.63, 3.8) is 0 Å². The zero-order valence-corrected chi connectivity index (χ0v) is 62.8. The van der Waals surface area contributed by atoms with Crippen molar-refractivity contribution in [1.29, 1.82) is 0 Å². The first kappa shape index (κ1) is 68.1. The summed E-state index contributed by atoms with van der Waals surface area (Å²) >= 11 is 0. The quantitative estimate of drug-likeness (QED) is 0.115. The second-order valence-electron chi connectivity index (χ2n) is 28.7. The number of pyridine rings is 12. The van der Waals surface area contributed by atoms with Crippen molar-refractivity contribution in [1.82, 2.24) is 99.7 Å². The third kappa shape index (κ3) is 12.5. The molecule has 2 aliphatic rings. The SMILES string of the molecule is Cc1cc2c(cc1-c1cc(-c3ccccn3)nc(-c3ccccn3)c1)-c1nc-2nc2[nH]c(nc3nc(nc4[nH]c(n1)c1cc(C)c(-c5cc(-c6ccccn6)nc(-c6ccccn6)c5)cc41)-c1cc(C)c(-c4cc(-c5ccccn5)nc(-c5ccccn5)c4)cc1-3)c1cc(C)c(-c3cc(-c4ccccn4)nc(-c4ccccn4)c3)cc21. The van der Waals surface area contributed by atoms with Gasteiger partial charge >= 0.3 is 0 Å². The van der Waals surface area contributed by atoms with Gasteiger partial charge in [-0.25, -0.2) is 49.8 Å². The van der Waals surface area contributed by atoms with Gasteiger partial charge in [0.05, 0.1) is 91.1 Å². The first-order valence-electron chi connectivity index (χ1n) is 37.9. The number of aromatic nitrogens is 20. The zero-order chi connectivity index (χ0) is 77.5. The van der Waals surface area contributed by atoms with Crippen LogP contribution < -0.4 is 0 Å². The van der Waals surface area contributed by atoms with E-state index in [4.69, 9.17) is 89.7 Å². The number of H-pyrrole nitrogens is 2. The van der Waals surface area contributed by atoms with Gasteiger partial charge in [-0.15, -0.1) is 0 Å². The third-order valence-corrected chi connectivity index (χ3v) is 21.2. The van der Waals surface area contributed by atoms with E-state index in [9.17, 15) is 0 Å². The molecule has 546 valence electrons. The molecule has 19 aromatic rings. The summed E-state index contributed by atoms with van der Waals surface area (Å²) in [6.45, 7) is 8.46. The molecule has 20 heteroatoms. The molecule has 0 amide bonds. The van der Waals surface area contributed by atoms with Gasteiger partial charge < -0.3 is 9.97 Å². The molecule has 8 bridgehead atoms. The first-order valence-corrected chi connectivity index (χ1v) is 37.9. The minimum absolute atomic E-state index is 0.413. The maximum Gasteiger partial charge on any atom is 0.164 e. The van der Waals surface area contributed by atoms with Crippen molar-refractivity contribution in [2.45, 2.75) is 27.7 Å². The van der Waals surface area contributed by atoms with Crippen molar-refractivity contribution < 1.29 is 0 Å². The monoisotopic (exact) mass is 1490 g/mol. The predicted molar refractivity (Wildman–Crippen MR) is 454 cm³/mol. The van der Waals surface area contributed by atoms with E-state index in [0.29, 0.717) is 91.4 Å². The van der Waals surface area contributed by atoms with Crippen LogP contribution in [0.4, 0.5) is 0 Å². The van der Waals surface area contributed by atoms with Gasteiger partial charge in [-0.2, -0.15) is 0 Å². The lowest BCUT2D eigenvalue weighted by molar-refractivity contribution is 1.19. The average Bonchev–Trinajstić information content (AvgIpc) is 1.54.